The Hall–Kier alpha value is -1.32. The molecule has 0 amide bonds. The van der Waals surface area contributed by atoms with Crippen LogP contribution in [0, 0.1) is 5.41 Å². The summed E-state index contributed by atoms with van der Waals surface area (Å²) in [5.41, 5.74) is 2.10. The summed E-state index contributed by atoms with van der Waals surface area (Å²) in [5.74, 6) is 0.290. The fourth-order valence-corrected chi connectivity index (χ4v) is 2.31. The highest BCUT2D eigenvalue weighted by Crippen LogP contribution is 2.74. The molecule has 4 heteroatoms. The van der Waals surface area contributed by atoms with E-state index in [4.69, 9.17) is 4.74 Å². The number of carbonyl (C=O) groups is 1. The molecule has 1 spiro atoms. The lowest BCUT2D eigenvalue weighted by Crippen LogP contribution is -2.04. The molecule has 2 saturated carbocycles. The monoisotopic (exact) mass is 206 g/mol. The minimum atomic E-state index is -0.304. The van der Waals surface area contributed by atoms with Crippen molar-refractivity contribution in [2.45, 2.75) is 32.1 Å². The van der Waals surface area contributed by atoms with Crippen molar-refractivity contribution < 1.29 is 9.53 Å². The molecule has 2 aliphatic carbocycles. The van der Waals surface area contributed by atoms with Crippen LogP contribution in [0.4, 0.5) is 0 Å². The second-order valence-electron chi connectivity index (χ2n) is 4.55. The number of nitrogens with zero attached hydrogens (tertiary/aromatic N) is 1. The van der Waals surface area contributed by atoms with Crippen LogP contribution in [-0.2, 0) is 4.74 Å². The summed E-state index contributed by atoms with van der Waals surface area (Å²) >= 11 is 0. The van der Waals surface area contributed by atoms with E-state index in [0.29, 0.717) is 23.6 Å². The molecule has 1 aromatic heterocycles. The van der Waals surface area contributed by atoms with E-state index in [1.54, 1.807) is 6.92 Å². The molecule has 3 rings (SSSR count). The van der Waals surface area contributed by atoms with Gasteiger partial charge in [0.25, 0.3) is 0 Å². The van der Waals surface area contributed by atoms with Gasteiger partial charge >= 0.3 is 5.97 Å². The molecule has 1 aromatic rings. The van der Waals surface area contributed by atoms with Crippen molar-refractivity contribution in [3.05, 3.63) is 17.5 Å². The lowest BCUT2D eigenvalue weighted by Gasteiger charge is -1.95. The molecule has 2 fully saturated rings. The summed E-state index contributed by atoms with van der Waals surface area (Å²) < 4.78 is 4.90. The van der Waals surface area contributed by atoms with Crippen LogP contribution in [0.3, 0.4) is 0 Å². The highest BCUT2D eigenvalue weighted by atomic mass is 16.5. The van der Waals surface area contributed by atoms with Crippen LogP contribution < -0.4 is 0 Å². The van der Waals surface area contributed by atoms with Crippen LogP contribution in [0.25, 0.3) is 0 Å². The largest absolute Gasteiger partial charge is 0.461 e. The zero-order chi connectivity index (χ0) is 10.5. The molecule has 2 aliphatic rings. The van der Waals surface area contributed by atoms with Gasteiger partial charge in [-0.25, -0.2) is 4.79 Å². The van der Waals surface area contributed by atoms with E-state index >= 15 is 0 Å². The third-order valence-electron chi connectivity index (χ3n) is 3.53. The Morgan fingerprint density at radius 3 is 3.13 bits per heavy atom. The van der Waals surface area contributed by atoms with E-state index < -0.39 is 0 Å². The second-order valence-corrected chi connectivity index (χ2v) is 4.55. The third kappa shape index (κ3) is 1.35. The normalized spacial score (nSPS) is 25.3. The fourth-order valence-electron chi connectivity index (χ4n) is 2.31. The third-order valence-corrected chi connectivity index (χ3v) is 3.53. The predicted octanol–water partition coefficient (Wildman–Crippen LogP) is 1.85. The van der Waals surface area contributed by atoms with Crippen LogP contribution in [0.15, 0.2) is 6.07 Å². The first-order valence-electron chi connectivity index (χ1n) is 5.47. The maximum Gasteiger partial charge on any atom is 0.356 e. The van der Waals surface area contributed by atoms with E-state index in [9.17, 15) is 4.79 Å². The molecule has 0 aromatic carbocycles. The van der Waals surface area contributed by atoms with Crippen molar-refractivity contribution >= 4 is 5.97 Å². The van der Waals surface area contributed by atoms with E-state index in [2.05, 4.69) is 10.2 Å². The summed E-state index contributed by atoms with van der Waals surface area (Å²) in [4.78, 5) is 11.4. The molecule has 15 heavy (non-hydrogen) atoms. The average molecular weight is 206 g/mol. The summed E-state index contributed by atoms with van der Waals surface area (Å²) in [6.07, 6.45) is 3.92. The number of rotatable bonds is 3. The number of ether oxygens (including phenoxy) is 1. The number of aromatic nitrogens is 2. The predicted molar refractivity (Wildman–Crippen MR) is 53.6 cm³/mol. The van der Waals surface area contributed by atoms with Gasteiger partial charge in [0.1, 0.15) is 5.69 Å². The lowest BCUT2D eigenvalue weighted by atomic mass is 10.2. The van der Waals surface area contributed by atoms with Gasteiger partial charge < -0.3 is 4.74 Å². The maximum atomic E-state index is 11.4. The molecule has 1 unspecified atom stereocenters. The molecule has 1 heterocycles. The first-order valence-corrected chi connectivity index (χ1v) is 5.47. The SMILES string of the molecule is CCOC(=O)c1cc(C2CC23CC3)n[nH]1. The summed E-state index contributed by atoms with van der Waals surface area (Å²) in [6.45, 7) is 2.20. The Balaban J connectivity index is 1.73. The first kappa shape index (κ1) is 8.95. The first-order chi connectivity index (χ1) is 7.25. The number of H-pyrrole nitrogens is 1. The molecular weight excluding hydrogens is 192 g/mol. The topological polar surface area (TPSA) is 55.0 Å². The Bertz CT molecular complexity index is 406. The molecule has 80 valence electrons. The number of esters is 1. The van der Waals surface area contributed by atoms with Crippen LogP contribution in [0.1, 0.15) is 48.3 Å². The van der Waals surface area contributed by atoms with Gasteiger partial charge in [0.2, 0.25) is 0 Å². The molecule has 0 saturated heterocycles. The van der Waals surface area contributed by atoms with E-state index in [0.717, 1.165) is 5.69 Å². The Morgan fingerprint density at radius 1 is 1.73 bits per heavy atom. The summed E-state index contributed by atoms with van der Waals surface area (Å²) in [7, 11) is 0. The van der Waals surface area contributed by atoms with Crippen molar-refractivity contribution in [2.75, 3.05) is 6.61 Å². The van der Waals surface area contributed by atoms with Gasteiger partial charge in [-0.05, 0) is 37.7 Å². The van der Waals surface area contributed by atoms with Crippen molar-refractivity contribution in [1.82, 2.24) is 10.2 Å². The van der Waals surface area contributed by atoms with Gasteiger partial charge in [-0.2, -0.15) is 5.10 Å². The average Bonchev–Trinajstić information content (AvgIpc) is 3.10. The molecule has 4 nitrogen and oxygen atoms in total. The summed E-state index contributed by atoms with van der Waals surface area (Å²) in [6, 6.07) is 1.84. The van der Waals surface area contributed by atoms with Gasteiger partial charge in [0, 0.05) is 5.92 Å². The molecule has 1 N–H and O–H groups in total. The van der Waals surface area contributed by atoms with Gasteiger partial charge in [0.05, 0.1) is 12.3 Å². The second kappa shape index (κ2) is 2.84. The number of nitrogens with one attached hydrogen (secondary N) is 1. The fraction of sp³-hybridized carbons (Fsp3) is 0.636. The van der Waals surface area contributed by atoms with E-state index in [1.807, 2.05) is 6.07 Å². The molecule has 1 atom stereocenters. The van der Waals surface area contributed by atoms with Crippen molar-refractivity contribution in [2.24, 2.45) is 5.41 Å². The van der Waals surface area contributed by atoms with Crippen molar-refractivity contribution in [3.8, 4) is 0 Å². The number of carbonyl (C=O) groups excluding carboxylic acids is 1. The molecule has 0 aliphatic heterocycles. The van der Waals surface area contributed by atoms with Gasteiger partial charge in [-0.3, -0.25) is 5.10 Å². The van der Waals surface area contributed by atoms with Gasteiger partial charge in [-0.1, -0.05) is 0 Å². The van der Waals surface area contributed by atoms with Crippen LogP contribution in [0.5, 0.6) is 0 Å². The van der Waals surface area contributed by atoms with E-state index in [-0.39, 0.29) is 5.97 Å². The highest BCUT2D eigenvalue weighted by molar-refractivity contribution is 5.87. The van der Waals surface area contributed by atoms with E-state index in [1.165, 1.54) is 19.3 Å². The van der Waals surface area contributed by atoms with Crippen LogP contribution in [0.2, 0.25) is 0 Å². The van der Waals surface area contributed by atoms with Crippen molar-refractivity contribution in [3.63, 3.8) is 0 Å². The minimum Gasteiger partial charge on any atom is -0.461 e. The zero-order valence-electron chi connectivity index (χ0n) is 8.75. The van der Waals surface area contributed by atoms with Gasteiger partial charge in [-0.15, -0.1) is 0 Å². The Kier molecular flexibility index (Phi) is 1.69. The number of hydrogen-bond acceptors (Lipinski definition) is 3. The molecular formula is C11H14N2O2. The quantitative estimate of drug-likeness (QED) is 0.768. The zero-order valence-corrected chi connectivity index (χ0v) is 8.75. The molecule has 0 bridgehead atoms. The number of aromatic amines is 1. The number of hydrogen-bond donors (Lipinski definition) is 1. The van der Waals surface area contributed by atoms with Crippen LogP contribution in [-0.4, -0.2) is 22.8 Å². The smallest absolute Gasteiger partial charge is 0.356 e. The standard InChI is InChI=1S/C11H14N2O2/c1-2-15-10(14)9-5-8(12-13-9)7-6-11(7)3-4-11/h5,7H,2-4,6H2,1H3,(H,12,13). The lowest BCUT2D eigenvalue weighted by molar-refractivity contribution is 0.0519. The Morgan fingerprint density at radius 2 is 2.53 bits per heavy atom. The van der Waals surface area contributed by atoms with Crippen LogP contribution >= 0.6 is 0 Å². The van der Waals surface area contributed by atoms with Crippen molar-refractivity contribution in [1.29, 1.82) is 0 Å². The maximum absolute atomic E-state index is 11.4. The van der Waals surface area contributed by atoms with Gasteiger partial charge in [0.15, 0.2) is 0 Å². The minimum absolute atomic E-state index is 0.304. The molecule has 0 radical (unpaired) electrons. The Labute approximate surface area is 88.0 Å². The summed E-state index contributed by atoms with van der Waals surface area (Å²) in [5, 5.41) is 6.94. The highest BCUT2D eigenvalue weighted by Gasteiger charge is 2.63.